The van der Waals surface area contributed by atoms with E-state index in [1.807, 2.05) is 0 Å². The predicted octanol–water partition coefficient (Wildman–Crippen LogP) is 0.618. The van der Waals surface area contributed by atoms with E-state index in [4.69, 9.17) is 24.4 Å². The molecule has 0 aliphatic heterocycles. The summed E-state index contributed by atoms with van der Waals surface area (Å²) in [5.74, 6) is 0. The van der Waals surface area contributed by atoms with Crippen LogP contribution >= 0.6 is 7.82 Å². The van der Waals surface area contributed by atoms with Gasteiger partial charge >= 0.3 is 0 Å². The Morgan fingerprint density at radius 1 is 0.719 bits per heavy atom. The molecule has 0 unspecified atom stereocenters. The zero-order chi connectivity index (χ0) is 24.4. The smallest absolute Gasteiger partial charge is 0.262 e. The lowest BCUT2D eigenvalue weighted by Gasteiger charge is -2.23. The van der Waals surface area contributed by atoms with Gasteiger partial charge in [-0.1, -0.05) is 96.8 Å². The molecule has 0 aliphatic rings. The summed E-state index contributed by atoms with van der Waals surface area (Å²) in [6, 6.07) is 0. The number of aliphatic hydroxyl groups excluding tert-OH is 1. The van der Waals surface area contributed by atoms with Crippen molar-refractivity contribution in [2.24, 2.45) is 0 Å². The zero-order valence-electron chi connectivity index (χ0n) is 21.6. The topological polar surface area (TPSA) is 128 Å². The van der Waals surface area contributed by atoms with Crippen LogP contribution in [0.1, 0.15) is 110 Å². The summed E-state index contributed by atoms with van der Waals surface area (Å²) in [5, 5.41) is 7.81. The number of phosphoric acid groups is 1. The Labute approximate surface area is 205 Å². The van der Waals surface area contributed by atoms with Gasteiger partial charge in [0.2, 0.25) is 0 Å². The summed E-state index contributed by atoms with van der Waals surface area (Å²) < 4.78 is 9.89. The summed E-state index contributed by atoms with van der Waals surface area (Å²) in [5.41, 5.74) is 3.35. The largest absolute Gasteiger partial charge is 1.00 e. The highest BCUT2D eigenvalue weighted by Gasteiger charge is 2.04. The van der Waals surface area contributed by atoms with Gasteiger partial charge in [-0.15, -0.1) is 0 Å². The minimum atomic E-state index is -4.89. The molecule has 200 valence electrons. The Kier molecular flexibility index (Phi) is 36.2. The van der Waals surface area contributed by atoms with E-state index < -0.39 is 7.82 Å². The third-order valence-electron chi connectivity index (χ3n) is 4.84. The van der Waals surface area contributed by atoms with E-state index in [0.29, 0.717) is 6.54 Å². The third kappa shape index (κ3) is 63.1. The summed E-state index contributed by atoms with van der Waals surface area (Å²) in [6.45, 7) is 4.46. The van der Waals surface area contributed by atoms with Crippen molar-refractivity contribution in [1.82, 2.24) is 0 Å². The van der Waals surface area contributed by atoms with Crippen molar-refractivity contribution in [3.05, 3.63) is 0 Å². The van der Waals surface area contributed by atoms with Crippen molar-refractivity contribution in [2.75, 3.05) is 40.8 Å². The Balaban J connectivity index is -0.000000330. The molecular formula is C23H56ClN2O5P. The number of rotatable bonds is 18. The number of unbranched alkanes of at least 4 members (excludes halogenated alkanes) is 15. The van der Waals surface area contributed by atoms with E-state index in [9.17, 15) is 0 Å². The van der Waals surface area contributed by atoms with Gasteiger partial charge in [0.05, 0.1) is 40.8 Å². The second-order valence-corrected chi connectivity index (χ2v) is 10.4. The molecule has 0 radical (unpaired) electrons. The van der Waals surface area contributed by atoms with Crippen molar-refractivity contribution in [3.63, 3.8) is 0 Å². The lowest BCUT2D eigenvalue weighted by molar-refractivity contribution is -0.870. The molecule has 0 aromatic heterocycles. The van der Waals surface area contributed by atoms with E-state index in [-0.39, 0.29) is 19.0 Å². The molecule has 0 spiro atoms. The highest BCUT2D eigenvalue weighted by atomic mass is 35.5. The lowest BCUT2D eigenvalue weighted by atomic mass is 10.0. The quantitative estimate of drug-likeness (QED) is 0.123. The first-order chi connectivity index (χ1) is 14.5. The number of nitrogens with zero attached hydrogens (tertiary/aromatic N) is 1. The van der Waals surface area contributed by atoms with Crippen LogP contribution in [0.2, 0.25) is 0 Å². The lowest BCUT2D eigenvalue weighted by Crippen LogP contribution is -3.00. The van der Waals surface area contributed by atoms with Crippen LogP contribution in [0.25, 0.3) is 0 Å². The van der Waals surface area contributed by atoms with Gasteiger partial charge in [0.25, 0.3) is 7.82 Å². The standard InChI is InChI=1S/C21H46N.C2H7NO.ClH.H3O4P/c1-5-6-7-8-9-10-11-12-13-14-15-16-17-18-19-20-21-22(2,3)4;3-1-2-4;;1-5(2,3)4/h5-21H2,1-4H3;4H,1-3H2;1H;(H3,1,2,3,4)/q+1;;;/p-1. The molecule has 0 saturated carbocycles. The van der Waals surface area contributed by atoms with Crippen molar-refractivity contribution in [1.29, 1.82) is 0 Å². The normalized spacial score (nSPS) is 11.0. The molecule has 0 aromatic carbocycles. The number of halogens is 1. The Hall–Kier alpha value is 0.280. The molecule has 0 amide bonds. The first kappa shape index (κ1) is 39.5. The summed E-state index contributed by atoms with van der Waals surface area (Å²) in [4.78, 5) is 22.9. The van der Waals surface area contributed by atoms with Crippen LogP contribution in [-0.2, 0) is 4.57 Å². The van der Waals surface area contributed by atoms with Crippen molar-refractivity contribution in [2.45, 2.75) is 110 Å². The maximum absolute atomic E-state index is 8.77. The van der Waals surface area contributed by atoms with E-state index in [1.165, 1.54) is 109 Å². The summed E-state index contributed by atoms with van der Waals surface area (Å²) >= 11 is 0. The number of quaternary nitrogens is 2. The second-order valence-electron chi connectivity index (χ2n) is 9.38. The average Bonchev–Trinajstić information content (AvgIpc) is 2.65. The predicted molar refractivity (Wildman–Crippen MR) is 129 cm³/mol. The Bertz CT molecular complexity index is 370. The number of hydrogen-bond donors (Lipinski definition) is 4. The summed E-state index contributed by atoms with van der Waals surface area (Å²) in [7, 11) is 2.00. The monoisotopic (exact) mass is 506 g/mol. The minimum Gasteiger partial charge on any atom is -1.00 e. The Morgan fingerprint density at radius 3 is 1.12 bits per heavy atom. The van der Waals surface area contributed by atoms with E-state index in [2.05, 4.69) is 33.8 Å². The molecule has 0 rings (SSSR count). The van der Waals surface area contributed by atoms with Crippen LogP contribution < -0.4 is 23.0 Å². The molecule has 9 heteroatoms. The molecule has 0 heterocycles. The first-order valence-electron chi connectivity index (χ1n) is 12.4. The van der Waals surface area contributed by atoms with Gasteiger partial charge in [0, 0.05) is 0 Å². The van der Waals surface area contributed by atoms with Crippen molar-refractivity contribution in [3.8, 4) is 0 Å². The molecule has 32 heavy (non-hydrogen) atoms. The van der Waals surface area contributed by atoms with Gasteiger partial charge < -0.3 is 42.4 Å². The van der Waals surface area contributed by atoms with Crippen LogP contribution in [0, 0.1) is 0 Å². The van der Waals surface area contributed by atoms with E-state index in [0.717, 1.165) is 4.48 Å². The molecular weight excluding hydrogens is 451 g/mol. The summed E-state index contributed by atoms with van der Waals surface area (Å²) in [6.07, 6.45) is 23.4. The highest BCUT2D eigenvalue weighted by molar-refractivity contribution is 7.43. The zero-order valence-corrected chi connectivity index (χ0v) is 23.2. The minimum absolute atomic E-state index is 0. The molecule has 0 atom stereocenters. The molecule has 0 bridgehead atoms. The van der Waals surface area contributed by atoms with Gasteiger partial charge in [0.1, 0.15) is 0 Å². The van der Waals surface area contributed by atoms with Crippen molar-refractivity contribution < 1.29 is 47.0 Å². The molecule has 0 fully saturated rings. The van der Waals surface area contributed by atoms with Crippen molar-refractivity contribution >= 4 is 7.82 Å². The third-order valence-corrected chi connectivity index (χ3v) is 4.84. The van der Waals surface area contributed by atoms with Crippen LogP contribution in [0.3, 0.4) is 0 Å². The first-order valence-corrected chi connectivity index (χ1v) is 14.0. The number of aliphatic hydroxyl groups is 1. The van der Waals surface area contributed by atoms with E-state index in [1.54, 1.807) is 0 Å². The van der Waals surface area contributed by atoms with Crippen LogP contribution in [0.15, 0.2) is 0 Å². The highest BCUT2D eigenvalue weighted by Crippen LogP contribution is 2.19. The average molecular weight is 507 g/mol. The maximum Gasteiger partial charge on any atom is 0.262 e. The van der Waals surface area contributed by atoms with Gasteiger partial charge in [-0.25, -0.2) is 0 Å². The number of hydrogen-bond acceptors (Lipinski definition) is 3. The fourth-order valence-electron chi connectivity index (χ4n) is 3.13. The Morgan fingerprint density at radius 2 is 0.938 bits per heavy atom. The SMILES string of the molecule is CCCCCCCCCCCCCCCCCC[N+](C)(C)C.O=P([O-])(O)O.[Cl-].[NH3+]CCO. The van der Waals surface area contributed by atoms with Gasteiger partial charge in [0.15, 0.2) is 0 Å². The fraction of sp³-hybridized carbons (Fsp3) is 1.00. The fourth-order valence-corrected chi connectivity index (χ4v) is 3.13. The molecule has 6 N–H and O–H groups in total. The van der Waals surface area contributed by atoms with Crippen LogP contribution in [0.5, 0.6) is 0 Å². The second kappa shape index (κ2) is 29.3. The molecule has 0 aliphatic carbocycles. The van der Waals surface area contributed by atoms with E-state index >= 15 is 0 Å². The molecule has 7 nitrogen and oxygen atoms in total. The van der Waals surface area contributed by atoms with Gasteiger partial charge in [-0.2, -0.15) is 0 Å². The van der Waals surface area contributed by atoms with Crippen LogP contribution in [-0.4, -0.2) is 60.2 Å². The molecule has 0 aromatic rings. The van der Waals surface area contributed by atoms with Crippen LogP contribution in [0.4, 0.5) is 0 Å². The molecule has 0 saturated heterocycles. The van der Waals surface area contributed by atoms with Gasteiger partial charge in [-0.3, -0.25) is 4.57 Å². The maximum atomic E-state index is 8.77. The van der Waals surface area contributed by atoms with Gasteiger partial charge in [-0.05, 0) is 12.8 Å².